The number of aliphatic imine (C=N–C) groups is 1. The van der Waals surface area contributed by atoms with Crippen LogP contribution < -0.4 is 15.4 Å². The third-order valence-electron chi connectivity index (χ3n) is 4.45. The van der Waals surface area contributed by atoms with Gasteiger partial charge in [0.15, 0.2) is 5.96 Å². The van der Waals surface area contributed by atoms with E-state index < -0.39 is 10.8 Å². The van der Waals surface area contributed by atoms with Crippen molar-refractivity contribution in [2.45, 2.75) is 31.1 Å². The Morgan fingerprint density at radius 2 is 1.82 bits per heavy atom. The van der Waals surface area contributed by atoms with Gasteiger partial charge in [-0.3, -0.25) is 9.20 Å². The molecular formula is C22H31N3O2S. The van der Waals surface area contributed by atoms with Gasteiger partial charge >= 0.3 is 0 Å². The molecule has 0 radical (unpaired) electrons. The van der Waals surface area contributed by atoms with Crippen molar-refractivity contribution in [3.05, 3.63) is 60.2 Å². The molecule has 2 atom stereocenters. The maximum atomic E-state index is 12.3. The third-order valence-corrected chi connectivity index (χ3v) is 5.82. The zero-order valence-corrected chi connectivity index (χ0v) is 17.8. The minimum absolute atomic E-state index is 0.420. The zero-order chi connectivity index (χ0) is 20.2. The molecule has 5 nitrogen and oxygen atoms in total. The van der Waals surface area contributed by atoms with Gasteiger partial charge in [-0.2, -0.15) is 0 Å². The Morgan fingerprint density at radius 3 is 2.46 bits per heavy atom. The molecule has 0 fully saturated rings. The predicted octanol–water partition coefficient (Wildman–Crippen LogP) is 3.55. The molecule has 28 heavy (non-hydrogen) atoms. The van der Waals surface area contributed by atoms with Crippen molar-refractivity contribution >= 4 is 16.8 Å². The van der Waals surface area contributed by atoms with E-state index in [1.807, 2.05) is 49.4 Å². The Kier molecular flexibility index (Phi) is 9.55. The Labute approximate surface area is 171 Å². The first-order chi connectivity index (χ1) is 13.6. The Morgan fingerprint density at radius 1 is 1.11 bits per heavy atom. The Hall–Kier alpha value is -2.34. The summed E-state index contributed by atoms with van der Waals surface area (Å²) in [5, 5.41) is 6.53. The van der Waals surface area contributed by atoms with Crippen LogP contribution in [0.5, 0.6) is 5.75 Å². The summed E-state index contributed by atoms with van der Waals surface area (Å²) in [7, 11) is 0.678. The van der Waals surface area contributed by atoms with Crippen LogP contribution in [0.2, 0.25) is 0 Å². The second-order valence-corrected chi connectivity index (χ2v) is 8.08. The maximum absolute atomic E-state index is 12.3. The van der Waals surface area contributed by atoms with Crippen molar-refractivity contribution < 1.29 is 8.95 Å². The Balaban J connectivity index is 1.79. The van der Waals surface area contributed by atoms with Gasteiger partial charge < -0.3 is 15.4 Å². The average molecular weight is 402 g/mol. The minimum Gasteiger partial charge on any atom is -0.497 e. The van der Waals surface area contributed by atoms with Crippen LogP contribution in [-0.2, 0) is 10.8 Å². The van der Waals surface area contributed by atoms with Crippen LogP contribution in [0.15, 0.2) is 64.5 Å². The summed E-state index contributed by atoms with van der Waals surface area (Å²) in [6.45, 7) is 6.38. The van der Waals surface area contributed by atoms with Gasteiger partial charge in [0.05, 0.1) is 17.9 Å². The number of methoxy groups -OCH3 is 1. The van der Waals surface area contributed by atoms with Crippen LogP contribution in [0.1, 0.15) is 31.7 Å². The summed E-state index contributed by atoms with van der Waals surface area (Å²) >= 11 is 0. The first-order valence-electron chi connectivity index (χ1n) is 9.73. The lowest BCUT2D eigenvalue weighted by atomic mass is 9.98. The van der Waals surface area contributed by atoms with Gasteiger partial charge in [-0.1, -0.05) is 37.3 Å². The van der Waals surface area contributed by atoms with Gasteiger partial charge in [-0.25, -0.2) is 0 Å². The van der Waals surface area contributed by atoms with E-state index in [-0.39, 0.29) is 0 Å². The van der Waals surface area contributed by atoms with Crippen molar-refractivity contribution in [1.82, 2.24) is 10.6 Å². The number of rotatable bonds is 10. The molecule has 0 spiro atoms. The van der Waals surface area contributed by atoms with Crippen molar-refractivity contribution in [3.8, 4) is 5.75 Å². The molecule has 0 aromatic heterocycles. The van der Waals surface area contributed by atoms with Crippen molar-refractivity contribution in [1.29, 1.82) is 0 Å². The van der Waals surface area contributed by atoms with E-state index in [9.17, 15) is 4.21 Å². The molecule has 2 unspecified atom stereocenters. The standard InChI is InChI=1S/C22H31N3O2S/c1-4-23-22(25-16-17-28(26)21-8-6-5-7-9-21)24-15-14-18(2)19-10-12-20(27-3)13-11-19/h5-13,18H,4,14-17H2,1-3H3,(H2,23,24,25). The smallest absolute Gasteiger partial charge is 0.191 e. The molecule has 2 aromatic rings. The highest BCUT2D eigenvalue weighted by Crippen LogP contribution is 2.21. The lowest BCUT2D eigenvalue weighted by Gasteiger charge is -2.13. The van der Waals surface area contributed by atoms with E-state index in [0.717, 1.165) is 36.1 Å². The lowest BCUT2D eigenvalue weighted by Crippen LogP contribution is -2.39. The molecule has 0 heterocycles. The maximum Gasteiger partial charge on any atom is 0.191 e. The summed E-state index contributed by atoms with van der Waals surface area (Å²) in [5.74, 6) is 2.62. The van der Waals surface area contributed by atoms with Crippen LogP contribution in [0, 0.1) is 0 Å². The second kappa shape index (κ2) is 12.2. The molecule has 6 heteroatoms. The summed E-state index contributed by atoms with van der Waals surface area (Å²) in [4.78, 5) is 5.51. The topological polar surface area (TPSA) is 62.7 Å². The van der Waals surface area contributed by atoms with E-state index in [2.05, 4.69) is 34.7 Å². The van der Waals surface area contributed by atoms with Gasteiger partial charge in [0.25, 0.3) is 0 Å². The molecule has 0 aliphatic carbocycles. The van der Waals surface area contributed by atoms with Crippen molar-refractivity contribution in [3.63, 3.8) is 0 Å². The molecule has 0 saturated heterocycles. The fraction of sp³-hybridized carbons (Fsp3) is 0.409. The van der Waals surface area contributed by atoms with E-state index >= 15 is 0 Å². The first kappa shape index (κ1) is 22.0. The molecule has 0 aliphatic heterocycles. The summed E-state index contributed by atoms with van der Waals surface area (Å²) in [6, 6.07) is 17.8. The number of nitrogens with zero attached hydrogens (tertiary/aromatic N) is 1. The molecule has 0 aliphatic rings. The molecule has 2 aromatic carbocycles. The highest BCUT2D eigenvalue weighted by Gasteiger charge is 2.07. The molecule has 2 rings (SSSR count). The van der Waals surface area contributed by atoms with Gasteiger partial charge in [-0.15, -0.1) is 0 Å². The van der Waals surface area contributed by atoms with Gasteiger partial charge in [0.2, 0.25) is 0 Å². The van der Waals surface area contributed by atoms with Gasteiger partial charge in [0, 0.05) is 30.3 Å². The van der Waals surface area contributed by atoms with E-state index in [1.54, 1.807) is 7.11 Å². The third kappa shape index (κ3) is 7.35. The zero-order valence-electron chi connectivity index (χ0n) is 17.0. The predicted molar refractivity (Wildman–Crippen MR) is 118 cm³/mol. The summed E-state index contributed by atoms with van der Waals surface area (Å²) < 4.78 is 17.5. The van der Waals surface area contributed by atoms with Crippen LogP contribution >= 0.6 is 0 Å². The number of benzene rings is 2. The van der Waals surface area contributed by atoms with Gasteiger partial charge in [0.1, 0.15) is 5.75 Å². The van der Waals surface area contributed by atoms with Crippen LogP contribution in [0.25, 0.3) is 0 Å². The van der Waals surface area contributed by atoms with Crippen LogP contribution in [0.3, 0.4) is 0 Å². The highest BCUT2D eigenvalue weighted by atomic mass is 32.2. The summed E-state index contributed by atoms with van der Waals surface area (Å²) in [6.07, 6.45) is 0.957. The second-order valence-electron chi connectivity index (χ2n) is 6.51. The van der Waals surface area contributed by atoms with Crippen LogP contribution in [-0.4, -0.2) is 42.7 Å². The monoisotopic (exact) mass is 401 g/mol. The first-order valence-corrected chi connectivity index (χ1v) is 11.1. The minimum atomic E-state index is -1.00. The van der Waals surface area contributed by atoms with Gasteiger partial charge in [-0.05, 0) is 49.1 Å². The largest absolute Gasteiger partial charge is 0.497 e. The number of ether oxygens (including phenoxy) is 1. The number of hydrogen-bond donors (Lipinski definition) is 2. The summed E-state index contributed by atoms with van der Waals surface area (Å²) in [5.41, 5.74) is 1.28. The quantitative estimate of drug-likeness (QED) is 0.472. The SMILES string of the molecule is CCNC(=NCCC(C)c1ccc(OC)cc1)NCCS(=O)c1ccccc1. The molecule has 2 N–H and O–H groups in total. The van der Waals surface area contributed by atoms with Crippen LogP contribution in [0.4, 0.5) is 0 Å². The molecule has 0 bridgehead atoms. The van der Waals surface area contributed by atoms with E-state index in [0.29, 0.717) is 18.2 Å². The van der Waals surface area contributed by atoms with Crippen molar-refractivity contribution in [2.24, 2.45) is 4.99 Å². The average Bonchev–Trinajstić information content (AvgIpc) is 2.74. The number of hydrogen-bond acceptors (Lipinski definition) is 3. The normalized spacial score (nSPS) is 13.6. The fourth-order valence-electron chi connectivity index (χ4n) is 2.76. The Bertz CT molecular complexity index is 748. The fourth-order valence-corrected chi connectivity index (χ4v) is 3.75. The molecule has 152 valence electrons. The van der Waals surface area contributed by atoms with E-state index in [4.69, 9.17) is 4.74 Å². The number of guanidine groups is 1. The lowest BCUT2D eigenvalue weighted by molar-refractivity contribution is 0.414. The number of nitrogens with one attached hydrogen (secondary N) is 2. The van der Waals surface area contributed by atoms with Crippen molar-refractivity contribution in [2.75, 3.05) is 32.5 Å². The molecule has 0 amide bonds. The highest BCUT2D eigenvalue weighted by molar-refractivity contribution is 7.85. The molecule has 0 saturated carbocycles. The van der Waals surface area contributed by atoms with E-state index in [1.165, 1.54) is 5.56 Å². The molecular weight excluding hydrogens is 370 g/mol.